The highest BCUT2D eigenvalue weighted by Gasteiger charge is 2.15. The number of rotatable bonds is 8. The highest BCUT2D eigenvalue weighted by atomic mass is 19.3. The summed E-state index contributed by atoms with van der Waals surface area (Å²) in [6.45, 7) is -0.998. The van der Waals surface area contributed by atoms with Gasteiger partial charge in [0.15, 0.2) is 5.78 Å². The van der Waals surface area contributed by atoms with Gasteiger partial charge in [0.2, 0.25) is 0 Å². The molecule has 110 valence electrons. The molecular formula is C14H16F2O4. The van der Waals surface area contributed by atoms with Gasteiger partial charge in [-0.1, -0.05) is 12.1 Å². The molecule has 0 unspecified atom stereocenters. The fraction of sp³-hybridized carbons (Fsp3) is 0.429. The number of ether oxygens (including phenoxy) is 2. The Morgan fingerprint density at radius 3 is 2.55 bits per heavy atom. The third-order valence-corrected chi connectivity index (χ3v) is 2.49. The van der Waals surface area contributed by atoms with Crippen LogP contribution in [0.25, 0.3) is 0 Å². The Bertz CT molecular complexity index is 460. The lowest BCUT2D eigenvalue weighted by Crippen LogP contribution is -2.09. The van der Waals surface area contributed by atoms with Crippen molar-refractivity contribution in [2.24, 2.45) is 0 Å². The van der Waals surface area contributed by atoms with Crippen LogP contribution >= 0.6 is 0 Å². The van der Waals surface area contributed by atoms with Gasteiger partial charge in [-0.05, 0) is 25.5 Å². The van der Waals surface area contributed by atoms with Crippen molar-refractivity contribution in [2.75, 3.05) is 6.61 Å². The molecule has 1 aromatic rings. The van der Waals surface area contributed by atoms with E-state index in [0.29, 0.717) is 6.42 Å². The third kappa shape index (κ3) is 5.34. The molecule has 0 fully saturated rings. The van der Waals surface area contributed by atoms with E-state index >= 15 is 0 Å². The van der Waals surface area contributed by atoms with Gasteiger partial charge in [-0.25, -0.2) is 0 Å². The molecule has 6 heteroatoms. The predicted octanol–water partition coefficient (Wildman–Crippen LogP) is 3.20. The Hall–Kier alpha value is -1.98. The summed E-state index contributed by atoms with van der Waals surface area (Å²) in [6.07, 6.45) is 0.501. The summed E-state index contributed by atoms with van der Waals surface area (Å²) < 4.78 is 33.4. The average Bonchev–Trinajstić information content (AvgIpc) is 2.38. The van der Waals surface area contributed by atoms with Crippen LogP contribution in [0, 0.1) is 0 Å². The first kappa shape index (κ1) is 16.1. The number of hydrogen-bond acceptors (Lipinski definition) is 4. The number of esters is 1. The minimum Gasteiger partial charge on any atom is -0.466 e. The van der Waals surface area contributed by atoms with Gasteiger partial charge in [0.05, 0.1) is 12.2 Å². The number of hydrogen-bond donors (Lipinski definition) is 0. The molecule has 0 spiro atoms. The number of alkyl halides is 2. The molecule has 20 heavy (non-hydrogen) atoms. The van der Waals surface area contributed by atoms with Gasteiger partial charge in [0, 0.05) is 12.8 Å². The van der Waals surface area contributed by atoms with Crippen molar-refractivity contribution in [3.05, 3.63) is 29.8 Å². The van der Waals surface area contributed by atoms with Crippen molar-refractivity contribution in [3.8, 4) is 5.75 Å². The standard InChI is InChI=1S/C14H16F2O4/c1-2-19-13(18)9-5-7-11(17)10-6-3-4-8-12(10)20-14(15)16/h3-4,6,8,14H,2,5,7,9H2,1H3. The Morgan fingerprint density at radius 2 is 1.90 bits per heavy atom. The lowest BCUT2D eigenvalue weighted by Gasteiger charge is -2.09. The zero-order valence-electron chi connectivity index (χ0n) is 11.1. The largest absolute Gasteiger partial charge is 0.466 e. The van der Waals surface area contributed by atoms with Crippen molar-refractivity contribution >= 4 is 11.8 Å². The molecule has 1 rings (SSSR count). The van der Waals surface area contributed by atoms with E-state index in [9.17, 15) is 18.4 Å². The van der Waals surface area contributed by atoms with E-state index in [1.165, 1.54) is 18.2 Å². The first-order chi connectivity index (χ1) is 9.54. The summed E-state index contributed by atoms with van der Waals surface area (Å²) in [5.74, 6) is -0.869. The minimum atomic E-state index is -2.98. The molecule has 0 saturated heterocycles. The molecule has 4 nitrogen and oxygen atoms in total. The normalized spacial score (nSPS) is 10.4. The van der Waals surface area contributed by atoms with E-state index in [0.717, 1.165) is 0 Å². The van der Waals surface area contributed by atoms with E-state index in [-0.39, 0.29) is 42.5 Å². The van der Waals surface area contributed by atoms with Gasteiger partial charge in [-0.2, -0.15) is 8.78 Å². The van der Waals surface area contributed by atoms with Crippen LogP contribution in [0.4, 0.5) is 8.78 Å². The number of ketones is 1. The number of Topliss-reactive ketones (excluding diaryl/α,β-unsaturated/α-hetero) is 1. The topological polar surface area (TPSA) is 52.6 Å². The first-order valence-corrected chi connectivity index (χ1v) is 6.27. The average molecular weight is 286 g/mol. The van der Waals surface area contributed by atoms with Crippen molar-refractivity contribution in [2.45, 2.75) is 32.8 Å². The number of halogens is 2. The van der Waals surface area contributed by atoms with Crippen LogP contribution in [0.1, 0.15) is 36.5 Å². The molecule has 0 atom stereocenters. The molecule has 0 aliphatic carbocycles. The molecule has 0 aromatic heterocycles. The maximum atomic E-state index is 12.2. The van der Waals surface area contributed by atoms with Gasteiger partial charge in [0.1, 0.15) is 5.75 Å². The molecule has 0 radical (unpaired) electrons. The second-order valence-electron chi connectivity index (χ2n) is 3.96. The Labute approximate surface area is 115 Å². The molecule has 0 bridgehead atoms. The Morgan fingerprint density at radius 1 is 1.20 bits per heavy atom. The summed E-state index contributed by atoms with van der Waals surface area (Å²) in [4.78, 5) is 23.0. The van der Waals surface area contributed by atoms with Gasteiger partial charge in [-0.15, -0.1) is 0 Å². The quantitative estimate of drug-likeness (QED) is 0.544. The fourth-order valence-electron chi connectivity index (χ4n) is 1.66. The second-order valence-corrected chi connectivity index (χ2v) is 3.96. The zero-order valence-corrected chi connectivity index (χ0v) is 11.1. The lowest BCUT2D eigenvalue weighted by atomic mass is 10.0. The number of benzene rings is 1. The summed E-state index contributed by atoms with van der Waals surface area (Å²) >= 11 is 0. The van der Waals surface area contributed by atoms with Crippen LogP contribution < -0.4 is 4.74 Å². The number of carbonyl (C=O) groups excluding carboxylic acids is 2. The van der Waals surface area contributed by atoms with E-state index in [1.54, 1.807) is 13.0 Å². The van der Waals surface area contributed by atoms with Crippen molar-refractivity contribution < 1.29 is 27.8 Å². The van der Waals surface area contributed by atoms with Crippen LogP contribution in [-0.2, 0) is 9.53 Å². The van der Waals surface area contributed by atoms with Gasteiger partial charge < -0.3 is 9.47 Å². The highest BCUT2D eigenvalue weighted by molar-refractivity contribution is 5.98. The number of para-hydroxylation sites is 1. The maximum Gasteiger partial charge on any atom is 0.387 e. The molecule has 0 heterocycles. The van der Waals surface area contributed by atoms with Gasteiger partial charge in [0.25, 0.3) is 0 Å². The van der Waals surface area contributed by atoms with Gasteiger partial charge >= 0.3 is 12.6 Å². The van der Waals surface area contributed by atoms with Crippen molar-refractivity contribution in [3.63, 3.8) is 0 Å². The first-order valence-electron chi connectivity index (χ1n) is 6.27. The maximum absolute atomic E-state index is 12.2. The van der Waals surface area contributed by atoms with Crippen LogP contribution in [-0.4, -0.2) is 25.0 Å². The SMILES string of the molecule is CCOC(=O)CCCC(=O)c1ccccc1OC(F)F. The second kappa shape index (κ2) is 8.24. The van der Waals surface area contributed by atoms with E-state index in [4.69, 9.17) is 4.74 Å². The summed E-state index contributed by atoms with van der Waals surface area (Å²) in [7, 11) is 0. The smallest absolute Gasteiger partial charge is 0.387 e. The highest BCUT2D eigenvalue weighted by Crippen LogP contribution is 2.22. The molecule has 0 saturated carbocycles. The van der Waals surface area contributed by atoms with Crippen LogP contribution in [0.2, 0.25) is 0 Å². The van der Waals surface area contributed by atoms with E-state index in [2.05, 4.69) is 4.74 Å². The zero-order chi connectivity index (χ0) is 15.0. The molecule has 0 aliphatic heterocycles. The molecule has 0 aliphatic rings. The Balaban J connectivity index is 2.57. The molecule has 0 amide bonds. The third-order valence-electron chi connectivity index (χ3n) is 2.49. The monoisotopic (exact) mass is 286 g/mol. The summed E-state index contributed by atoms with van der Waals surface area (Å²) in [6, 6.07) is 5.80. The number of carbonyl (C=O) groups is 2. The summed E-state index contributed by atoms with van der Waals surface area (Å²) in [5, 5.41) is 0. The van der Waals surface area contributed by atoms with Crippen LogP contribution in [0.5, 0.6) is 5.75 Å². The fourth-order valence-corrected chi connectivity index (χ4v) is 1.66. The lowest BCUT2D eigenvalue weighted by molar-refractivity contribution is -0.143. The summed E-state index contributed by atoms with van der Waals surface area (Å²) in [5.41, 5.74) is 0.0941. The van der Waals surface area contributed by atoms with E-state index < -0.39 is 6.61 Å². The molecule has 0 N–H and O–H groups in total. The molecular weight excluding hydrogens is 270 g/mol. The predicted molar refractivity (Wildman–Crippen MR) is 67.9 cm³/mol. The van der Waals surface area contributed by atoms with Crippen LogP contribution in [0.3, 0.4) is 0 Å². The van der Waals surface area contributed by atoms with Crippen molar-refractivity contribution in [1.82, 2.24) is 0 Å². The van der Waals surface area contributed by atoms with Crippen LogP contribution in [0.15, 0.2) is 24.3 Å². The Kier molecular flexibility index (Phi) is 6.63. The minimum absolute atomic E-state index is 0.0719. The van der Waals surface area contributed by atoms with E-state index in [1.807, 2.05) is 0 Å². The molecule has 1 aromatic carbocycles. The van der Waals surface area contributed by atoms with Crippen molar-refractivity contribution in [1.29, 1.82) is 0 Å². The van der Waals surface area contributed by atoms with Gasteiger partial charge in [-0.3, -0.25) is 9.59 Å².